The van der Waals surface area contributed by atoms with Crippen molar-refractivity contribution in [1.29, 1.82) is 0 Å². The molecular weight excluding hydrogens is 520 g/mol. The van der Waals surface area contributed by atoms with Gasteiger partial charge in [0, 0.05) is 22.6 Å². The summed E-state index contributed by atoms with van der Waals surface area (Å²) >= 11 is 0. The second-order valence-corrected chi connectivity index (χ2v) is 12.6. The first-order valence-electron chi connectivity index (χ1n) is 15.5. The Kier molecular flexibility index (Phi) is 5.35. The Morgan fingerprint density at radius 2 is 1.53 bits per heavy atom. The van der Waals surface area contributed by atoms with Crippen molar-refractivity contribution in [3.05, 3.63) is 148 Å². The minimum Gasteiger partial charge on any atom is -0.456 e. The van der Waals surface area contributed by atoms with Crippen molar-refractivity contribution in [3.63, 3.8) is 0 Å². The highest BCUT2D eigenvalue weighted by atomic mass is 16.5. The van der Waals surface area contributed by atoms with E-state index in [1.807, 2.05) is 0 Å². The van der Waals surface area contributed by atoms with Gasteiger partial charge in [-0.25, -0.2) is 0 Å². The first-order chi connectivity index (χ1) is 21.1. The molecule has 0 saturated carbocycles. The Bertz CT molecular complexity index is 2210. The van der Waals surface area contributed by atoms with Crippen LogP contribution in [-0.2, 0) is 6.42 Å². The summed E-state index contributed by atoms with van der Waals surface area (Å²) in [5, 5.41) is 5.17. The number of ether oxygens (including phenoxy) is 1. The smallest absolute Gasteiger partial charge is 0.139 e. The monoisotopic (exact) mass is 552 g/mol. The highest BCUT2D eigenvalue weighted by Crippen LogP contribution is 2.55. The molecule has 0 bridgehead atoms. The third-order valence-electron chi connectivity index (χ3n) is 9.81. The minimum absolute atomic E-state index is 0.314. The molecule has 9 rings (SSSR count). The summed E-state index contributed by atoms with van der Waals surface area (Å²) in [5.74, 6) is 2.35. The number of hydrogen-bond acceptors (Lipinski definition) is 1. The van der Waals surface area contributed by atoms with Gasteiger partial charge in [-0.15, -0.1) is 0 Å². The van der Waals surface area contributed by atoms with Gasteiger partial charge in [-0.3, -0.25) is 0 Å². The average molecular weight is 553 g/mol. The van der Waals surface area contributed by atoms with Gasteiger partial charge in [0.2, 0.25) is 0 Å². The van der Waals surface area contributed by atoms with Gasteiger partial charge in [-0.2, -0.15) is 0 Å². The molecule has 1 heterocycles. The molecule has 1 atom stereocenters. The predicted molar refractivity (Wildman–Crippen MR) is 181 cm³/mol. The summed E-state index contributed by atoms with van der Waals surface area (Å²) in [6.45, 7) is 4.46. The van der Waals surface area contributed by atoms with Crippen molar-refractivity contribution in [2.75, 3.05) is 0 Å². The molecule has 6 aromatic rings. The largest absolute Gasteiger partial charge is 0.456 e. The van der Waals surface area contributed by atoms with Crippen LogP contribution in [-0.4, -0.2) is 0 Å². The predicted octanol–water partition coefficient (Wildman–Crippen LogP) is 11.5. The van der Waals surface area contributed by atoms with Crippen molar-refractivity contribution in [1.82, 2.24) is 0 Å². The van der Waals surface area contributed by atoms with E-state index >= 15 is 0 Å². The van der Waals surface area contributed by atoms with E-state index in [4.69, 9.17) is 4.74 Å². The average Bonchev–Trinajstić information content (AvgIpc) is 3.04. The van der Waals surface area contributed by atoms with Crippen molar-refractivity contribution in [3.8, 4) is 22.6 Å². The van der Waals surface area contributed by atoms with Crippen LogP contribution in [0, 0.1) is 6.92 Å². The lowest BCUT2D eigenvalue weighted by atomic mass is 9.75. The van der Waals surface area contributed by atoms with Crippen molar-refractivity contribution < 1.29 is 4.74 Å². The lowest BCUT2D eigenvalue weighted by Crippen LogP contribution is -2.16. The number of fused-ring (bicyclic) bond motifs is 6. The summed E-state index contributed by atoms with van der Waals surface area (Å²) in [6.07, 6.45) is 7.91. The van der Waals surface area contributed by atoms with Crippen molar-refractivity contribution in [2.24, 2.45) is 0 Å². The Balaban J connectivity index is 1.12. The molecule has 206 valence electrons. The molecule has 1 heteroatoms. The molecule has 0 spiro atoms. The second kappa shape index (κ2) is 9.31. The van der Waals surface area contributed by atoms with Crippen LogP contribution in [0.3, 0.4) is 0 Å². The zero-order valence-corrected chi connectivity index (χ0v) is 24.6. The zero-order chi connectivity index (χ0) is 28.7. The van der Waals surface area contributed by atoms with Gasteiger partial charge in [0.25, 0.3) is 0 Å². The molecule has 0 saturated heterocycles. The molecule has 6 aromatic carbocycles. The van der Waals surface area contributed by atoms with E-state index in [9.17, 15) is 0 Å². The lowest BCUT2D eigenvalue weighted by molar-refractivity contribution is 0.446. The molecule has 0 fully saturated rings. The van der Waals surface area contributed by atoms with E-state index in [0.717, 1.165) is 30.8 Å². The van der Waals surface area contributed by atoms with Gasteiger partial charge in [-0.05, 0) is 100 Å². The van der Waals surface area contributed by atoms with Crippen LogP contribution in [0.25, 0.3) is 50.4 Å². The van der Waals surface area contributed by atoms with Gasteiger partial charge in [0.05, 0.1) is 0 Å². The Morgan fingerprint density at radius 1 is 0.674 bits per heavy atom. The summed E-state index contributed by atoms with van der Waals surface area (Å²) in [5.41, 5.74) is 14.6. The summed E-state index contributed by atoms with van der Waals surface area (Å²) in [6, 6.07) is 38.3. The lowest BCUT2D eigenvalue weighted by Gasteiger charge is -2.34. The van der Waals surface area contributed by atoms with Gasteiger partial charge >= 0.3 is 0 Å². The third-order valence-corrected chi connectivity index (χ3v) is 9.81. The molecule has 0 aromatic heterocycles. The summed E-state index contributed by atoms with van der Waals surface area (Å²) in [7, 11) is 0. The molecule has 0 radical (unpaired) electrons. The van der Waals surface area contributed by atoms with Crippen LogP contribution in [0.15, 0.2) is 109 Å². The third kappa shape index (κ3) is 3.92. The molecule has 2 aliphatic carbocycles. The maximum atomic E-state index is 6.90. The molecule has 1 unspecified atom stereocenters. The molecule has 1 nitrogen and oxygen atoms in total. The van der Waals surface area contributed by atoms with Crippen LogP contribution in [0.1, 0.15) is 64.6 Å². The molecule has 3 aliphatic rings. The van der Waals surface area contributed by atoms with E-state index in [-0.39, 0.29) is 0 Å². The van der Waals surface area contributed by atoms with Crippen LogP contribution in [0.5, 0.6) is 11.5 Å². The second-order valence-electron chi connectivity index (χ2n) is 12.6. The number of allylic oxidation sites excluding steroid dienone is 2. The van der Waals surface area contributed by atoms with E-state index in [2.05, 4.69) is 129 Å². The standard InChI is InChI=1S/C42H32O/c1-25-10-11-34-24-40-41-38(19-26(2)20-39(41)37(34)18-25)36-9-5-8-35(42(36)43-40)33-17-16-31-22-30(14-15-32(31)23-33)29-13-12-27-6-3-4-7-28(27)21-29/h3-13,16-18,20-24,38H,14-15,19H2,1-2H3. The summed E-state index contributed by atoms with van der Waals surface area (Å²) < 4.78 is 6.90. The van der Waals surface area contributed by atoms with E-state index in [1.54, 1.807) is 0 Å². The Labute approximate surface area is 252 Å². The number of para-hydroxylation sites is 1. The quantitative estimate of drug-likeness (QED) is 0.208. The number of benzene rings is 6. The summed E-state index contributed by atoms with van der Waals surface area (Å²) in [4.78, 5) is 0. The van der Waals surface area contributed by atoms with Crippen LogP contribution in [0.2, 0.25) is 0 Å². The van der Waals surface area contributed by atoms with Gasteiger partial charge in [0.1, 0.15) is 11.5 Å². The van der Waals surface area contributed by atoms with E-state index in [1.165, 1.54) is 82.8 Å². The Morgan fingerprint density at radius 3 is 2.47 bits per heavy atom. The fourth-order valence-corrected chi connectivity index (χ4v) is 7.68. The fraction of sp³-hybridized carbons (Fsp3) is 0.143. The van der Waals surface area contributed by atoms with Gasteiger partial charge in [0.15, 0.2) is 0 Å². The van der Waals surface area contributed by atoms with Crippen molar-refractivity contribution in [2.45, 2.75) is 39.0 Å². The van der Waals surface area contributed by atoms with Crippen LogP contribution >= 0.6 is 0 Å². The van der Waals surface area contributed by atoms with E-state index < -0.39 is 0 Å². The first kappa shape index (κ1) is 24.7. The molecule has 43 heavy (non-hydrogen) atoms. The minimum atomic E-state index is 0.314. The molecule has 0 N–H and O–H groups in total. The maximum absolute atomic E-state index is 6.90. The van der Waals surface area contributed by atoms with E-state index in [0.29, 0.717) is 5.92 Å². The maximum Gasteiger partial charge on any atom is 0.139 e. The van der Waals surface area contributed by atoms with Gasteiger partial charge in [-0.1, -0.05) is 114 Å². The first-order valence-corrected chi connectivity index (χ1v) is 15.5. The zero-order valence-electron chi connectivity index (χ0n) is 24.6. The molecule has 0 amide bonds. The topological polar surface area (TPSA) is 9.23 Å². The van der Waals surface area contributed by atoms with Gasteiger partial charge < -0.3 is 4.74 Å². The Hall–Kier alpha value is -4.88. The number of rotatable bonds is 2. The van der Waals surface area contributed by atoms with Crippen molar-refractivity contribution >= 4 is 39.3 Å². The molecular formula is C42H32O. The number of aryl methyl sites for hydroxylation is 2. The fourth-order valence-electron chi connectivity index (χ4n) is 7.68. The highest BCUT2D eigenvalue weighted by Gasteiger charge is 2.34. The highest BCUT2D eigenvalue weighted by molar-refractivity contribution is 5.97. The molecule has 1 aliphatic heterocycles. The van der Waals surface area contributed by atoms with Crippen LogP contribution < -0.4 is 4.74 Å². The SMILES string of the molecule is CC1=Cc2c3c(cc4ccc(C)cc24)Oc2c(-c4ccc5c(c4)CCC(c4ccc6ccccc6c4)=C5)cccc2C3C1. The number of hydrogen-bond donors (Lipinski definition) is 0. The van der Waals surface area contributed by atoms with Crippen LogP contribution in [0.4, 0.5) is 0 Å². The normalized spacial score (nSPS) is 16.6.